The molecule has 0 spiro atoms. The second-order valence-corrected chi connectivity index (χ2v) is 8.86. The van der Waals surface area contributed by atoms with Gasteiger partial charge in [0.1, 0.15) is 28.8 Å². The number of rotatable bonds is 2. The van der Waals surface area contributed by atoms with Crippen LogP contribution in [0.15, 0.2) is 21.4 Å². The van der Waals surface area contributed by atoms with Gasteiger partial charge in [-0.05, 0) is 38.5 Å². The molecule has 1 N–H and O–H groups in total. The van der Waals surface area contributed by atoms with Crippen LogP contribution in [-0.4, -0.2) is 48.6 Å². The summed E-state index contributed by atoms with van der Waals surface area (Å²) < 4.78 is 18.1. The maximum atomic E-state index is 13.0. The Morgan fingerprint density at radius 3 is 2.73 bits per heavy atom. The Balaban J connectivity index is 1.80. The normalized spacial score (nSPS) is 22.9. The number of hydrogen-bond donors (Lipinski definition) is 1. The Bertz CT molecular complexity index is 1120. The lowest BCUT2D eigenvalue weighted by atomic mass is 9.90. The van der Waals surface area contributed by atoms with Gasteiger partial charge in [0.25, 0.3) is 0 Å². The second-order valence-electron chi connectivity index (χ2n) is 8.86. The van der Waals surface area contributed by atoms with E-state index in [9.17, 15) is 9.59 Å². The maximum Gasteiger partial charge on any atom is 0.336 e. The van der Waals surface area contributed by atoms with E-state index in [-0.39, 0.29) is 23.9 Å². The molecule has 0 amide bonds. The number of carbonyl (C=O) groups excluding carboxylic acids is 1. The maximum absolute atomic E-state index is 13.0. The summed E-state index contributed by atoms with van der Waals surface area (Å²) >= 11 is 0. The summed E-state index contributed by atoms with van der Waals surface area (Å²) in [7, 11) is 0. The van der Waals surface area contributed by atoms with Crippen molar-refractivity contribution in [1.29, 1.82) is 0 Å². The van der Waals surface area contributed by atoms with Crippen molar-refractivity contribution in [3.8, 4) is 11.5 Å². The average molecular weight is 410 g/mol. The van der Waals surface area contributed by atoms with Crippen LogP contribution in [0.25, 0.3) is 17.0 Å². The highest BCUT2D eigenvalue weighted by atomic mass is 16.5. The molecule has 30 heavy (non-hydrogen) atoms. The van der Waals surface area contributed by atoms with Gasteiger partial charge < -0.3 is 19.2 Å². The van der Waals surface area contributed by atoms with Gasteiger partial charge in [-0.2, -0.15) is 0 Å². The van der Waals surface area contributed by atoms with Crippen molar-refractivity contribution in [3.63, 3.8) is 0 Å². The molecule has 0 saturated carbocycles. The van der Waals surface area contributed by atoms with E-state index in [4.69, 9.17) is 13.9 Å². The lowest BCUT2D eigenvalue weighted by molar-refractivity contribution is 0.0869. The van der Waals surface area contributed by atoms with Crippen molar-refractivity contribution < 1.29 is 18.7 Å². The van der Waals surface area contributed by atoms with E-state index >= 15 is 0 Å². The third-order valence-electron chi connectivity index (χ3n) is 5.90. The zero-order valence-electron chi connectivity index (χ0n) is 17.5. The van der Waals surface area contributed by atoms with Crippen molar-refractivity contribution >= 4 is 22.8 Å². The molecule has 5 rings (SSSR count). The molecule has 7 nitrogen and oxygen atoms in total. The fourth-order valence-corrected chi connectivity index (χ4v) is 4.50. The summed E-state index contributed by atoms with van der Waals surface area (Å²) in [6.07, 6.45) is 3.93. The number of piperazine rings is 1. The van der Waals surface area contributed by atoms with E-state index in [0.717, 1.165) is 37.3 Å². The lowest BCUT2D eigenvalue weighted by Gasteiger charge is -2.33. The monoisotopic (exact) mass is 410 g/mol. The van der Waals surface area contributed by atoms with Gasteiger partial charge in [0.15, 0.2) is 11.4 Å². The minimum absolute atomic E-state index is 0.0720. The van der Waals surface area contributed by atoms with Crippen molar-refractivity contribution in [2.45, 2.75) is 45.4 Å². The van der Waals surface area contributed by atoms with E-state index in [1.165, 1.54) is 6.07 Å². The topological polar surface area (TPSA) is 81.0 Å². The molecular weight excluding hydrogens is 384 g/mol. The Hall–Kier alpha value is -2.64. The summed E-state index contributed by atoms with van der Waals surface area (Å²) in [6, 6.07) is 1.53. The zero-order chi connectivity index (χ0) is 21.0. The van der Waals surface area contributed by atoms with E-state index in [0.29, 0.717) is 29.0 Å². The number of fused-ring (bicyclic) bond motifs is 6. The SMILES string of the molecule is CC1CC(=O)c2c(c3c(c4c(CN5CCNCC5)cc(=O)oc24)OC(C)(C)C=C3)O1. The third-order valence-corrected chi connectivity index (χ3v) is 5.90. The highest BCUT2D eigenvalue weighted by Gasteiger charge is 2.36. The fraction of sp³-hybridized carbons (Fsp3) is 0.478. The molecular formula is C23H26N2O5. The molecule has 3 aliphatic rings. The number of benzene rings is 1. The van der Waals surface area contributed by atoms with Gasteiger partial charge in [-0.3, -0.25) is 9.69 Å². The first-order chi connectivity index (χ1) is 14.3. The summed E-state index contributed by atoms with van der Waals surface area (Å²) in [4.78, 5) is 27.8. The lowest BCUT2D eigenvalue weighted by Crippen LogP contribution is -2.43. The number of nitrogens with zero attached hydrogens (tertiary/aromatic N) is 1. The Morgan fingerprint density at radius 1 is 1.20 bits per heavy atom. The molecule has 0 radical (unpaired) electrons. The molecule has 0 aliphatic carbocycles. The predicted octanol–water partition coefficient (Wildman–Crippen LogP) is 2.74. The minimum atomic E-state index is -0.527. The zero-order valence-corrected chi connectivity index (χ0v) is 17.5. The first-order valence-corrected chi connectivity index (χ1v) is 10.5. The molecule has 1 saturated heterocycles. The van der Waals surface area contributed by atoms with Gasteiger partial charge in [0.05, 0.1) is 10.9 Å². The Morgan fingerprint density at radius 2 is 1.97 bits per heavy atom. The Labute approximate surface area is 174 Å². The molecule has 3 aliphatic heterocycles. The van der Waals surface area contributed by atoms with E-state index < -0.39 is 11.2 Å². The number of ether oxygens (including phenoxy) is 2. The third kappa shape index (κ3) is 3.22. The van der Waals surface area contributed by atoms with Crippen molar-refractivity contribution in [2.24, 2.45) is 0 Å². The van der Waals surface area contributed by atoms with Crippen LogP contribution in [0.1, 0.15) is 48.7 Å². The average Bonchev–Trinajstić information content (AvgIpc) is 2.67. The molecule has 1 aromatic heterocycles. The van der Waals surface area contributed by atoms with Crippen molar-refractivity contribution in [2.75, 3.05) is 26.2 Å². The van der Waals surface area contributed by atoms with Crippen LogP contribution >= 0.6 is 0 Å². The Kier molecular flexibility index (Phi) is 4.48. The highest BCUT2D eigenvalue weighted by Crippen LogP contribution is 2.48. The van der Waals surface area contributed by atoms with Crippen LogP contribution in [0.3, 0.4) is 0 Å². The van der Waals surface area contributed by atoms with Gasteiger partial charge in [-0.15, -0.1) is 0 Å². The number of nitrogens with one attached hydrogen (secondary N) is 1. The predicted molar refractivity (Wildman–Crippen MR) is 113 cm³/mol. The van der Waals surface area contributed by atoms with Crippen LogP contribution in [0, 0.1) is 0 Å². The van der Waals surface area contributed by atoms with Crippen LogP contribution < -0.4 is 20.4 Å². The minimum Gasteiger partial charge on any atom is -0.489 e. The van der Waals surface area contributed by atoms with E-state index in [1.54, 1.807) is 0 Å². The number of ketones is 1. The second kappa shape index (κ2) is 6.96. The smallest absolute Gasteiger partial charge is 0.336 e. The van der Waals surface area contributed by atoms with Crippen molar-refractivity contribution in [3.05, 3.63) is 39.3 Å². The first-order valence-electron chi connectivity index (χ1n) is 10.5. The van der Waals surface area contributed by atoms with E-state index in [1.807, 2.05) is 32.9 Å². The number of carbonyl (C=O) groups is 1. The molecule has 1 fully saturated rings. The molecule has 7 heteroatoms. The molecule has 1 aromatic carbocycles. The van der Waals surface area contributed by atoms with Crippen LogP contribution in [0.2, 0.25) is 0 Å². The first kappa shape index (κ1) is 19.3. The van der Waals surface area contributed by atoms with Crippen molar-refractivity contribution in [1.82, 2.24) is 10.2 Å². The van der Waals surface area contributed by atoms with Gasteiger partial charge in [0.2, 0.25) is 0 Å². The summed E-state index contributed by atoms with van der Waals surface area (Å²) in [5.74, 6) is 1.000. The highest BCUT2D eigenvalue weighted by molar-refractivity contribution is 6.13. The molecule has 158 valence electrons. The van der Waals surface area contributed by atoms with Crippen LogP contribution in [-0.2, 0) is 6.54 Å². The van der Waals surface area contributed by atoms with Gasteiger partial charge in [0, 0.05) is 45.2 Å². The fourth-order valence-electron chi connectivity index (χ4n) is 4.50. The molecule has 1 unspecified atom stereocenters. The summed E-state index contributed by atoms with van der Waals surface area (Å²) in [5.41, 5.74) is 1.21. The number of hydrogen-bond acceptors (Lipinski definition) is 7. The largest absolute Gasteiger partial charge is 0.489 e. The molecule has 0 bridgehead atoms. The van der Waals surface area contributed by atoms with Gasteiger partial charge >= 0.3 is 5.63 Å². The summed E-state index contributed by atoms with van der Waals surface area (Å²) in [5, 5.41) is 4.04. The number of Topliss-reactive ketones (excluding diaryl/α,β-unsaturated/α-hetero) is 1. The van der Waals surface area contributed by atoms with E-state index in [2.05, 4.69) is 10.2 Å². The summed E-state index contributed by atoms with van der Waals surface area (Å²) in [6.45, 7) is 10.00. The van der Waals surface area contributed by atoms with Crippen LogP contribution in [0.5, 0.6) is 11.5 Å². The molecule has 4 heterocycles. The van der Waals surface area contributed by atoms with Gasteiger partial charge in [-0.25, -0.2) is 4.79 Å². The van der Waals surface area contributed by atoms with Gasteiger partial charge in [-0.1, -0.05) is 0 Å². The quantitative estimate of drug-likeness (QED) is 0.763. The molecule has 1 atom stereocenters. The standard InChI is InChI=1S/C23H26N2O5/c1-13-10-16(26)19-20(28-13)15-4-5-23(2,3)30-21(15)18-14(11-17(27)29-22(18)19)12-25-8-6-24-7-9-25/h4-5,11,13,24H,6-10,12H2,1-3H3. The molecule has 2 aromatic rings. The van der Waals surface area contributed by atoms with Crippen LogP contribution in [0.4, 0.5) is 0 Å².